The largest absolute Gasteiger partial charge is 0.342 e. The third-order valence-corrected chi connectivity index (χ3v) is 6.03. The quantitative estimate of drug-likeness (QED) is 0.840. The second kappa shape index (κ2) is 8.66. The van der Waals surface area contributed by atoms with Crippen LogP contribution in [0.25, 0.3) is 0 Å². The highest BCUT2D eigenvalue weighted by Gasteiger charge is 2.31. The van der Waals surface area contributed by atoms with Crippen molar-refractivity contribution in [1.29, 1.82) is 5.26 Å². The van der Waals surface area contributed by atoms with Gasteiger partial charge in [0.2, 0.25) is 11.8 Å². The highest BCUT2D eigenvalue weighted by molar-refractivity contribution is 5.79. The maximum atomic E-state index is 12.6. The molecule has 0 spiro atoms. The molecule has 0 aromatic carbocycles. The van der Waals surface area contributed by atoms with E-state index in [9.17, 15) is 9.59 Å². The van der Waals surface area contributed by atoms with Crippen molar-refractivity contribution in [3.05, 3.63) is 0 Å². The van der Waals surface area contributed by atoms with Crippen LogP contribution in [0.5, 0.6) is 0 Å². The summed E-state index contributed by atoms with van der Waals surface area (Å²) in [4.78, 5) is 28.6. The van der Waals surface area contributed by atoms with Crippen LogP contribution in [0.4, 0.5) is 0 Å². The Bertz CT molecular complexity index is 516. The molecule has 25 heavy (non-hydrogen) atoms. The number of hydrogen-bond acceptors (Lipinski definition) is 4. The van der Waals surface area contributed by atoms with Gasteiger partial charge in [0.1, 0.15) is 6.04 Å². The molecule has 3 aliphatic rings. The Labute approximate surface area is 150 Å². The van der Waals surface area contributed by atoms with Gasteiger partial charge in [-0.25, -0.2) is 0 Å². The number of likely N-dealkylation sites (tertiary alicyclic amines) is 2. The summed E-state index contributed by atoms with van der Waals surface area (Å²) >= 11 is 0. The molecule has 0 bridgehead atoms. The van der Waals surface area contributed by atoms with Crippen LogP contribution in [-0.2, 0) is 9.59 Å². The molecule has 0 aromatic rings. The number of rotatable bonds is 4. The Morgan fingerprint density at radius 3 is 2.36 bits per heavy atom. The highest BCUT2D eigenvalue weighted by Crippen LogP contribution is 2.26. The molecule has 6 nitrogen and oxygen atoms in total. The molecule has 2 saturated heterocycles. The molecule has 1 unspecified atom stereocenters. The van der Waals surface area contributed by atoms with Crippen LogP contribution in [-0.4, -0.2) is 59.9 Å². The number of hydrogen-bond donors (Lipinski definition) is 1. The van der Waals surface area contributed by atoms with E-state index in [1.54, 1.807) is 4.90 Å². The minimum atomic E-state index is -0.246. The van der Waals surface area contributed by atoms with Gasteiger partial charge in [-0.15, -0.1) is 0 Å². The van der Waals surface area contributed by atoms with Gasteiger partial charge in [-0.1, -0.05) is 19.3 Å². The molecule has 3 rings (SSSR count). The number of amides is 2. The number of piperidine rings is 1. The smallest absolute Gasteiger partial charge is 0.237 e. The molecule has 3 fully saturated rings. The zero-order valence-corrected chi connectivity index (χ0v) is 15.1. The SMILES string of the molecule is N#CC1CCCN1C(=O)CNC1CCN(C(=O)C2CCCCC2)CC1. The maximum Gasteiger partial charge on any atom is 0.237 e. The fourth-order valence-corrected chi connectivity index (χ4v) is 4.44. The summed E-state index contributed by atoms with van der Waals surface area (Å²) in [7, 11) is 0. The molecule has 2 heterocycles. The molecule has 2 amide bonds. The predicted molar refractivity (Wildman–Crippen MR) is 94.5 cm³/mol. The lowest BCUT2D eigenvalue weighted by molar-refractivity contribution is -0.138. The molecule has 1 aliphatic carbocycles. The first-order valence-corrected chi connectivity index (χ1v) is 9.90. The fraction of sp³-hybridized carbons (Fsp3) is 0.842. The molecular formula is C19H30N4O2. The monoisotopic (exact) mass is 346 g/mol. The molecule has 1 N–H and O–H groups in total. The lowest BCUT2D eigenvalue weighted by atomic mass is 9.87. The van der Waals surface area contributed by atoms with Crippen molar-refractivity contribution in [2.24, 2.45) is 5.92 Å². The van der Waals surface area contributed by atoms with E-state index in [-0.39, 0.29) is 17.9 Å². The summed E-state index contributed by atoms with van der Waals surface area (Å²) < 4.78 is 0. The summed E-state index contributed by atoms with van der Waals surface area (Å²) in [5.41, 5.74) is 0. The van der Waals surface area contributed by atoms with E-state index in [1.165, 1.54) is 19.3 Å². The summed E-state index contributed by atoms with van der Waals surface area (Å²) in [6.45, 7) is 2.60. The average Bonchev–Trinajstić information content (AvgIpc) is 3.15. The van der Waals surface area contributed by atoms with Crippen LogP contribution in [0.2, 0.25) is 0 Å². The van der Waals surface area contributed by atoms with Crippen molar-refractivity contribution >= 4 is 11.8 Å². The van der Waals surface area contributed by atoms with E-state index in [0.29, 0.717) is 25.0 Å². The van der Waals surface area contributed by atoms with Gasteiger partial charge in [0, 0.05) is 31.6 Å². The second-order valence-electron chi connectivity index (χ2n) is 7.69. The van der Waals surface area contributed by atoms with Gasteiger partial charge in [0.05, 0.1) is 12.6 Å². The molecule has 1 saturated carbocycles. The fourth-order valence-electron chi connectivity index (χ4n) is 4.44. The van der Waals surface area contributed by atoms with Crippen LogP contribution >= 0.6 is 0 Å². The lowest BCUT2D eigenvalue weighted by Crippen LogP contribution is -2.49. The first-order chi connectivity index (χ1) is 12.2. The molecule has 0 aromatic heterocycles. The predicted octanol–water partition coefficient (Wildman–Crippen LogP) is 1.66. The minimum absolute atomic E-state index is 0.0322. The van der Waals surface area contributed by atoms with Crippen LogP contribution in [0.15, 0.2) is 0 Å². The van der Waals surface area contributed by atoms with E-state index in [4.69, 9.17) is 5.26 Å². The van der Waals surface area contributed by atoms with Gasteiger partial charge in [-0.05, 0) is 38.5 Å². The van der Waals surface area contributed by atoms with E-state index >= 15 is 0 Å². The first kappa shape index (κ1) is 18.2. The van der Waals surface area contributed by atoms with Gasteiger partial charge in [-0.2, -0.15) is 5.26 Å². The Balaban J connectivity index is 1.38. The Morgan fingerprint density at radius 2 is 1.68 bits per heavy atom. The van der Waals surface area contributed by atoms with Gasteiger partial charge in [-0.3, -0.25) is 9.59 Å². The van der Waals surface area contributed by atoms with Crippen molar-refractivity contribution in [3.63, 3.8) is 0 Å². The number of carbonyl (C=O) groups is 2. The van der Waals surface area contributed by atoms with Crippen LogP contribution < -0.4 is 5.32 Å². The number of carbonyl (C=O) groups excluding carboxylic acids is 2. The standard InChI is InChI=1S/C19H30N4O2/c20-13-17-7-4-10-23(17)18(24)14-21-16-8-11-22(12-9-16)19(25)15-5-2-1-3-6-15/h15-17,21H,1-12,14H2. The molecule has 138 valence electrons. The number of nitrogens with one attached hydrogen (secondary N) is 1. The Morgan fingerprint density at radius 1 is 0.960 bits per heavy atom. The summed E-state index contributed by atoms with van der Waals surface area (Å²) in [5, 5.41) is 12.4. The normalized spacial score (nSPS) is 25.8. The van der Waals surface area contributed by atoms with Crippen molar-refractivity contribution in [2.75, 3.05) is 26.2 Å². The van der Waals surface area contributed by atoms with Crippen LogP contribution in [0.3, 0.4) is 0 Å². The van der Waals surface area contributed by atoms with Gasteiger partial charge in [0.15, 0.2) is 0 Å². The molecule has 6 heteroatoms. The molecule has 2 aliphatic heterocycles. The van der Waals surface area contributed by atoms with Crippen molar-refractivity contribution in [1.82, 2.24) is 15.1 Å². The molecular weight excluding hydrogens is 316 g/mol. The first-order valence-electron chi connectivity index (χ1n) is 9.90. The summed E-state index contributed by atoms with van der Waals surface area (Å²) in [6.07, 6.45) is 9.31. The summed E-state index contributed by atoms with van der Waals surface area (Å²) in [5.74, 6) is 0.630. The Kier molecular flexibility index (Phi) is 6.30. The highest BCUT2D eigenvalue weighted by atomic mass is 16.2. The van der Waals surface area contributed by atoms with Gasteiger partial charge < -0.3 is 15.1 Å². The zero-order valence-electron chi connectivity index (χ0n) is 15.1. The van der Waals surface area contributed by atoms with E-state index in [1.807, 2.05) is 4.90 Å². The third-order valence-electron chi connectivity index (χ3n) is 6.03. The maximum absolute atomic E-state index is 12.6. The second-order valence-corrected chi connectivity index (χ2v) is 7.69. The Hall–Kier alpha value is -1.61. The number of nitriles is 1. The van der Waals surface area contributed by atoms with E-state index < -0.39 is 0 Å². The van der Waals surface area contributed by atoms with Crippen LogP contribution in [0.1, 0.15) is 57.8 Å². The van der Waals surface area contributed by atoms with Crippen molar-refractivity contribution in [3.8, 4) is 6.07 Å². The molecule has 1 atom stereocenters. The van der Waals surface area contributed by atoms with E-state index in [0.717, 1.165) is 51.6 Å². The zero-order chi connectivity index (χ0) is 17.6. The number of nitrogens with zero attached hydrogens (tertiary/aromatic N) is 3. The van der Waals surface area contributed by atoms with E-state index in [2.05, 4.69) is 11.4 Å². The topological polar surface area (TPSA) is 76.4 Å². The minimum Gasteiger partial charge on any atom is -0.342 e. The van der Waals surface area contributed by atoms with Gasteiger partial charge in [0.25, 0.3) is 0 Å². The molecule has 0 radical (unpaired) electrons. The van der Waals surface area contributed by atoms with Gasteiger partial charge >= 0.3 is 0 Å². The third kappa shape index (κ3) is 4.52. The van der Waals surface area contributed by atoms with Crippen molar-refractivity contribution in [2.45, 2.75) is 69.9 Å². The lowest BCUT2D eigenvalue weighted by Gasteiger charge is -2.35. The van der Waals surface area contributed by atoms with Crippen LogP contribution in [0, 0.1) is 17.2 Å². The van der Waals surface area contributed by atoms with Crippen molar-refractivity contribution < 1.29 is 9.59 Å². The summed E-state index contributed by atoms with van der Waals surface area (Å²) in [6, 6.07) is 2.26. The average molecular weight is 346 g/mol.